The molecule has 0 saturated carbocycles. The lowest BCUT2D eigenvalue weighted by atomic mass is 10.2. The Morgan fingerprint density at radius 1 is 1.38 bits per heavy atom. The van der Waals surface area contributed by atoms with Gasteiger partial charge in [-0.25, -0.2) is 0 Å². The monoisotopic (exact) mass is 178 g/mol. The van der Waals surface area contributed by atoms with Crippen LogP contribution in [0.4, 0.5) is 5.69 Å². The second-order valence-electron chi connectivity index (χ2n) is 3.36. The third-order valence-electron chi connectivity index (χ3n) is 2.50. The molecule has 1 N–H and O–H groups in total. The van der Waals surface area contributed by atoms with E-state index in [1.165, 1.54) is 12.8 Å². The Morgan fingerprint density at radius 3 is 2.85 bits per heavy atom. The van der Waals surface area contributed by atoms with Crippen LogP contribution in [-0.4, -0.2) is 23.2 Å². The van der Waals surface area contributed by atoms with E-state index in [1.807, 2.05) is 12.3 Å². The first kappa shape index (κ1) is 8.51. The molecular weight excluding hydrogens is 164 g/mol. The zero-order valence-corrected chi connectivity index (χ0v) is 7.61. The van der Waals surface area contributed by atoms with Gasteiger partial charge in [-0.2, -0.15) is 0 Å². The average molecular weight is 178 g/mol. The van der Waals surface area contributed by atoms with Crippen LogP contribution in [0.25, 0.3) is 0 Å². The molecule has 2 rings (SSSR count). The van der Waals surface area contributed by atoms with Crippen molar-refractivity contribution in [3.05, 3.63) is 24.0 Å². The Hall–Kier alpha value is -1.09. The molecule has 1 aliphatic rings. The molecule has 0 radical (unpaired) electrons. The number of aromatic nitrogens is 1. The molecule has 1 fully saturated rings. The maximum absolute atomic E-state index is 9.12. The van der Waals surface area contributed by atoms with E-state index >= 15 is 0 Å². The first-order valence-electron chi connectivity index (χ1n) is 4.70. The van der Waals surface area contributed by atoms with Gasteiger partial charge in [0.15, 0.2) is 0 Å². The minimum Gasteiger partial charge on any atom is -0.392 e. The van der Waals surface area contributed by atoms with Crippen molar-refractivity contribution >= 4 is 5.69 Å². The SMILES string of the molecule is OCc1ccncc1N1CCCC1. The fourth-order valence-corrected chi connectivity index (χ4v) is 1.79. The summed E-state index contributed by atoms with van der Waals surface area (Å²) in [7, 11) is 0. The molecule has 13 heavy (non-hydrogen) atoms. The minimum atomic E-state index is 0.106. The molecule has 1 aromatic heterocycles. The van der Waals surface area contributed by atoms with E-state index in [9.17, 15) is 0 Å². The molecule has 0 aliphatic carbocycles. The number of rotatable bonds is 2. The van der Waals surface area contributed by atoms with E-state index in [1.54, 1.807) is 6.20 Å². The number of aliphatic hydroxyl groups is 1. The molecule has 0 amide bonds. The normalized spacial score (nSPS) is 16.5. The Morgan fingerprint density at radius 2 is 2.15 bits per heavy atom. The summed E-state index contributed by atoms with van der Waals surface area (Å²) in [5.74, 6) is 0. The lowest BCUT2D eigenvalue weighted by Crippen LogP contribution is -2.19. The number of hydrogen-bond donors (Lipinski definition) is 1. The molecule has 1 aromatic rings. The smallest absolute Gasteiger partial charge is 0.0703 e. The van der Waals surface area contributed by atoms with E-state index in [-0.39, 0.29) is 6.61 Å². The maximum Gasteiger partial charge on any atom is 0.0703 e. The molecule has 1 aliphatic heterocycles. The van der Waals surface area contributed by atoms with Crippen molar-refractivity contribution < 1.29 is 5.11 Å². The summed E-state index contributed by atoms with van der Waals surface area (Å²) in [5.41, 5.74) is 2.08. The first-order valence-corrected chi connectivity index (χ1v) is 4.70. The Bertz CT molecular complexity index is 282. The van der Waals surface area contributed by atoms with E-state index in [4.69, 9.17) is 5.11 Å². The number of nitrogens with zero attached hydrogens (tertiary/aromatic N) is 2. The van der Waals surface area contributed by atoms with Gasteiger partial charge in [0, 0.05) is 24.8 Å². The van der Waals surface area contributed by atoms with E-state index in [0.29, 0.717) is 0 Å². The molecule has 70 valence electrons. The largest absolute Gasteiger partial charge is 0.392 e. The van der Waals surface area contributed by atoms with E-state index in [2.05, 4.69) is 9.88 Å². The van der Waals surface area contributed by atoms with Gasteiger partial charge >= 0.3 is 0 Å². The summed E-state index contributed by atoms with van der Waals surface area (Å²) in [6.45, 7) is 2.30. The summed E-state index contributed by atoms with van der Waals surface area (Å²) in [6, 6.07) is 1.88. The fraction of sp³-hybridized carbons (Fsp3) is 0.500. The van der Waals surface area contributed by atoms with Crippen molar-refractivity contribution in [1.29, 1.82) is 0 Å². The van der Waals surface area contributed by atoms with Gasteiger partial charge in [0.25, 0.3) is 0 Å². The number of anilines is 1. The lowest BCUT2D eigenvalue weighted by molar-refractivity contribution is 0.282. The number of aliphatic hydroxyl groups excluding tert-OH is 1. The number of pyridine rings is 1. The quantitative estimate of drug-likeness (QED) is 0.738. The Balaban J connectivity index is 2.26. The molecule has 0 bridgehead atoms. The van der Waals surface area contributed by atoms with Gasteiger partial charge < -0.3 is 10.0 Å². The summed E-state index contributed by atoms with van der Waals surface area (Å²) < 4.78 is 0. The van der Waals surface area contributed by atoms with Crippen LogP contribution in [-0.2, 0) is 6.61 Å². The highest BCUT2D eigenvalue weighted by atomic mass is 16.3. The van der Waals surface area contributed by atoms with E-state index < -0.39 is 0 Å². The zero-order valence-electron chi connectivity index (χ0n) is 7.61. The molecule has 0 spiro atoms. The van der Waals surface area contributed by atoms with Crippen molar-refractivity contribution in [3.63, 3.8) is 0 Å². The third kappa shape index (κ3) is 1.65. The lowest BCUT2D eigenvalue weighted by Gasteiger charge is -2.19. The van der Waals surface area contributed by atoms with Gasteiger partial charge in [0.1, 0.15) is 0 Å². The summed E-state index contributed by atoms with van der Waals surface area (Å²) in [6.07, 6.45) is 6.07. The predicted molar refractivity (Wildman–Crippen MR) is 51.6 cm³/mol. The predicted octanol–water partition coefficient (Wildman–Crippen LogP) is 1.17. The highest BCUT2D eigenvalue weighted by Crippen LogP contribution is 2.23. The first-order chi connectivity index (χ1) is 6.42. The maximum atomic E-state index is 9.12. The van der Waals surface area contributed by atoms with Crippen molar-refractivity contribution in [1.82, 2.24) is 4.98 Å². The van der Waals surface area contributed by atoms with Crippen LogP contribution >= 0.6 is 0 Å². The minimum absolute atomic E-state index is 0.106. The van der Waals surface area contributed by atoms with Crippen molar-refractivity contribution in [3.8, 4) is 0 Å². The molecular formula is C10H14N2O. The fourth-order valence-electron chi connectivity index (χ4n) is 1.79. The van der Waals surface area contributed by atoms with Crippen molar-refractivity contribution in [2.75, 3.05) is 18.0 Å². The molecule has 3 heteroatoms. The number of hydrogen-bond acceptors (Lipinski definition) is 3. The summed E-state index contributed by atoms with van der Waals surface area (Å²) in [4.78, 5) is 6.38. The standard InChI is InChI=1S/C10H14N2O/c13-8-9-3-4-11-7-10(9)12-5-1-2-6-12/h3-4,7,13H,1-2,5-6,8H2. The van der Waals surface area contributed by atoms with Gasteiger partial charge in [-0.05, 0) is 18.9 Å². The highest BCUT2D eigenvalue weighted by molar-refractivity contribution is 5.51. The highest BCUT2D eigenvalue weighted by Gasteiger charge is 2.14. The zero-order chi connectivity index (χ0) is 9.10. The average Bonchev–Trinajstić information content (AvgIpc) is 2.70. The molecule has 0 aromatic carbocycles. The Kier molecular flexibility index (Phi) is 2.45. The molecule has 3 nitrogen and oxygen atoms in total. The van der Waals surface area contributed by atoms with Crippen LogP contribution in [0.1, 0.15) is 18.4 Å². The van der Waals surface area contributed by atoms with Gasteiger partial charge in [-0.1, -0.05) is 0 Å². The van der Waals surface area contributed by atoms with Crippen LogP contribution in [0.15, 0.2) is 18.5 Å². The molecule has 1 saturated heterocycles. The summed E-state index contributed by atoms with van der Waals surface area (Å²) >= 11 is 0. The van der Waals surface area contributed by atoms with Gasteiger partial charge in [-0.3, -0.25) is 4.98 Å². The molecule has 0 atom stereocenters. The van der Waals surface area contributed by atoms with Gasteiger partial charge in [-0.15, -0.1) is 0 Å². The van der Waals surface area contributed by atoms with Crippen LogP contribution in [0.3, 0.4) is 0 Å². The van der Waals surface area contributed by atoms with Crippen molar-refractivity contribution in [2.24, 2.45) is 0 Å². The topological polar surface area (TPSA) is 36.4 Å². The van der Waals surface area contributed by atoms with E-state index in [0.717, 1.165) is 24.3 Å². The second-order valence-corrected chi connectivity index (χ2v) is 3.36. The molecule has 0 unspecified atom stereocenters. The van der Waals surface area contributed by atoms with Crippen molar-refractivity contribution in [2.45, 2.75) is 19.4 Å². The Labute approximate surface area is 78.0 Å². The second kappa shape index (κ2) is 3.75. The van der Waals surface area contributed by atoms with Crippen LogP contribution < -0.4 is 4.90 Å². The summed E-state index contributed by atoms with van der Waals surface area (Å²) in [5, 5.41) is 9.12. The van der Waals surface area contributed by atoms with Crippen LogP contribution in [0, 0.1) is 0 Å². The van der Waals surface area contributed by atoms with Crippen LogP contribution in [0.2, 0.25) is 0 Å². The van der Waals surface area contributed by atoms with Gasteiger partial charge in [0.05, 0.1) is 18.5 Å². The van der Waals surface area contributed by atoms with Crippen LogP contribution in [0.5, 0.6) is 0 Å². The van der Waals surface area contributed by atoms with Gasteiger partial charge in [0.2, 0.25) is 0 Å². The molecule has 2 heterocycles. The third-order valence-corrected chi connectivity index (χ3v) is 2.50.